The van der Waals surface area contributed by atoms with Gasteiger partial charge in [0.1, 0.15) is 5.69 Å². The number of aryl methyl sites for hydroxylation is 2. The number of benzene rings is 2. The van der Waals surface area contributed by atoms with Crippen LogP contribution < -0.4 is 5.32 Å². The molecule has 0 radical (unpaired) electrons. The fourth-order valence-corrected chi connectivity index (χ4v) is 5.08. The van der Waals surface area contributed by atoms with Gasteiger partial charge < -0.3 is 9.88 Å². The van der Waals surface area contributed by atoms with Crippen molar-refractivity contribution in [1.82, 2.24) is 14.2 Å². The van der Waals surface area contributed by atoms with Crippen LogP contribution in [0.5, 0.6) is 0 Å². The second-order valence-corrected chi connectivity index (χ2v) is 9.33. The van der Waals surface area contributed by atoms with Gasteiger partial charge in [-0.2, -0.15) is 4.31 Å². The Balaban J connectivity index is 1.78. The highest BCUT2D eigenvalue weighted by Crippen LogP contribution is 2.24. The molecule has 160 valence electrons. The Morgan fingerprint density at radius 2 is 1.70 bits per heavy atom. The number of rotatable bonds is 8. The topological polar surface area (TPSA) is 71.4 Å². The lowest BCUT2D eigenvalue weighted by Crippen LogP contribution is -2.30. The van der Waals surface area contributed by atoms with Crippen molar-refractivity contribution in [1.29, 1.82) is 0 Å². The van der Waals surface area contributed by atoms with E-state index < -0.39 is 10.0 Å². The van der Waals surface area contributed by atoms with Gasteiger partial charge in [-0.25, -0.2) is 8.42 Å². The molecule has 0 aliphatic heterocycles. The van der Waals surface area contributed by atoms with Gasteiger partial charge in [-0.05, 0) is 43.2 Å². The van der Waals surface area contributed by atoms with Crippen molar-refractivity contribution in [3.8, 4) is 0 Å². The zero-order chi connectivity index (χ0) is 21.9. The summed E-state index contributed by atoms with van der Waals surface area (Å²) >= 11 is 0. The minimum Gasteiger partial charge on any atom is -0.350 e. The summed E-state index contributed by atoms with van der Waals surface area (Å²) in [5, 5.41) is 3.69. The van der Waals surface area contributed by atoms with E-state index >= 15 is 0 Å². The van der Waals surface area contributed by atoms with Crippen LogP contribution in [0.2, 0.25) is 0 Å². The molecule has 0 saturated heterocycles. The molecule has 2 aromatic carbocycles. The van der Waals surface area contributed by atoms with E-state index in [9.17, 15) is 13.2 Å². The van der Waals surface area contributed by atoms with Crippen molar-refractivity contribution >= 4 is 26.8 Å². The monoisotopic (exact) mass is 427 g/mol. The van der Waals surface area contributed by atoms with Crippen molar-refractivity contribution in [2.45, 2.75) is 32.1 Å². The molecule has 6 nitrogen and oxygen atoms in total. The summed E-state index contributed by atoms with van der Waals surface area (Å²) in [5.74, 6) is -0.172. The predicted molar refractivity (Wildman–Crippen MR) is 120 cm³/mol. The third-order valence-electron chi connectivity index (χ3n) is 5.41. The smallest absolute Gasteiger partial charge is 0.267 e. The lowest BCUT2D eigenvalue weighted by molar-refractivity contribution is 0.0946. The summed E-state index contributed by atoms with van der Waals surface area (Å²) in [7, 11) is -1.73. The standard InChI is InChI=1S/C23H29N3O3S/c1-5-26(6-2)30(28,29)20-11-12-21-19(15-20)16-22(25(21)4)23(27)24-14-13-18-9-7-17(3)8-10-18/h7-12,15-16H,5-6,13-14H2,1-4H3,(H,24,27). The van der Waals surface area contributed by atoms with Crippen LogP contribution in [0.1, 0.15) is 35.5 Å². The maximum absolute atomic E-state index is 12.8. The predicted octanol–water partition coefficient (Wildman–Crippen LogP) is 3.49. The highest BCUT2D eigenvalue weighted by molar-refractivity contribution is 7.89. The molecule has 0 unspecified atom stereocenters. The quantitative estimate of drug-likeness (QED) is 0.598. The maximum Gasteiger partial charge on any atom is 0.267 e. The maximum atomic E-state index is 12.8. The van der Waals surface area contributed by atoms with Crippen LogP contribution in [0.25, 0.3) is 10.9 Å². The number of nitrogens with zero attached hydrogens (tertiary/aromatic N) is 2. The van der Waals surface area contributed by atoms with E-state index in [0.29, 0.717) is 25.3 Å². The fraction of sp³-hybridized carbons (Fsp3) is 0.348. The molecule has 0 fully saturated rings. The number of amides is 1. The van der Waals surface area contributed by atoms with Crippen LogP contribution in [0.4, 0.5) is 0 Å². The summed E-state index contributed by atoms with van der Waals surface area (Å²) in [6.07, 6.45) is 0.752. The van der Waals surface area contributed by atoms with Gasteiger partial charge in [0.2, 0.25) is 10.0 Å². The molecule has 3 rings (SSSR count). The number of nitrogens with one attached hydrogen (secondary N) is 1. The number of hydrogen-bond acceptors (Lipinski definition) is 3. The lowest BCUT2D eigenvalue weighted by atomic mass is 10.1. The van der Waals surface area contributed by atoms with E-state index in [4.69, 9.17) is 0 Å². The summed E-state index contributed by atoms with van der Waals surface area (Å²) in [6, 6.07) is 15.0. The second kappa shape index (κ2) is 9.02. The molecule has 1 aromatic heterocycles. The van der Waals surface area contributed by atoms with Crippen molar-refractivity contribution < 1.29 is 13.2 Å². The second-order valence-electron chi connectivity index (χ2n) is 7.39. The van der Waals surface area contributed by atoms with Gasteiger partial charge in [0, 0.05) is 37.6 Å². The van der Waals surface area contributed by atoms with Crippen LogP contribution in [0, 0.1) is 6.92 Å². The van der Waals surface area contributed by atoms with Crippen molar-refractivity contribution in [3.05, 3.63) is 65.4 Å². The van der Waals surface area contributed by atoms with Crippen LogP contribution in [0.3, 0.4) is 0 Å². The lowest BCUT2D eigenvalue weighted by Gasteiger charge is -2.18. The SMILES string of the molecule is CCN(CC)S(=O)(=O)c1ccc2c(c1)cc(C(=O)NCCc1ccc(C)cc1)n2C. The molecule has 3 aromatic rings. The van der Waals surface area contributed by atoms with Crippen molar-refractivity contribution in [3.63, 3.8) is 0 Å². The summed E-state index contributed by atoms with van der Waals surface area (Å²) < 4.78 is 28.8. The first kappa shape index (κ1) is 22.1. The minimum absolute atomic E-state index is 0.172. The molecule has 0 spiro atoms. The first-order valence-corrected chi connectivity index (χ1v) is 11.6. The Morgan fingerprint density at radius 1 is 1.03 bits per heavy atom. The highest BCUT2D eigenvalue weighted by atomic mass is 32.2. The van der Waals surface area contributed by atoms with E-state index in [1.165, 1.54) is 15.4 Å². The Morgan fingerprint density at radius 3 is 2.33 bits per heavy atom. The molecule has 1 N–H and O–H groups in total. The normalized spacial score (nSPS) is 11.9. The molecule has 0 aliphatic rings. The molecule has 30 heavy (non-hydrogen) atoms. The average molecular weight is 428 g/mol. The molecular weight excluding hydrogens is 398 g/mol. The van der Waals surface area contributed by atoms with Crippen LogP contribution in [-0.4, -0.2) is 42.8 Å². The Bertz CT molecular complexity index is 1140. The Hall–Kier alpha value is -2.64. The number of fused-ring (bicyclic) bond motifs is 1. The average Bonchev–Trinajstić information content (AvgIpc) is 3.06. The highest BCUT2D eigenvalue weighted by Gasteiger charge is 2.23. The molecule has 0 saturated carbocycles. The van der Waals surface area contributed by atoms with E-state index in [1.807, 2.05) is 27.8 Å². The van der Waals surface area contributed by atoms with Gasteiger partial charge >= 0.3 is 0 Å². The summed E-state index contributed by atoms with van der Waals surface area (Å²) in [5.41, 5.74) is 3.70. The number of carbonyl (C=O) groups excluding carboxylic acids is 1. The van der Waals surface area contributed by atoms with E-state index in [2.05, 4.69) is 29.6 Å². The van der Waals surface area contributed by atoms with Gasteiger partial charge in [-0.15, -0.1) is 0 Å². The third kappa shape index (κ3) is 4.42. The van der Waals surface area contributed by atoms with Gasteiger partial charge in [0.05, 0.1) is 4.90 Å². The number of aromatic nitrogens is 1. The number of hydrogen-bond donors (Lipinski definition) is 1. The molecule has 7 heteroatoms. The Labute approximate surface area is 178 Å². The van der Waals surface area contributed by atoms with E-state index in [0.717, 1.165) is 17.3 Å². The summed E-state index contributed by atoms with van der Waals surface area (Å²) in [6.45, 7) is 7.05. The molecule has 0 bridgehead atoms. The van der Waals surface area contributed by atoms with Crippen LogP contribution in [0.15, 0.2) is 53.4 Å². The third-order valence-corrected chi connectivity index (χ3v) is 7.46. The zero-order valence-electron chi connectivity index (χ0n) is 18.0. The van der Waals surface area contributed by atoms with Gasteiger partial charge in [0.25, 0.3) is 5.91 Å². The van der Waals surface area contributed by atoms with Crippen molar-refractivity contribution in [2.75, 3.05) is 19.6 Å². The summed E-state index contributed by atoms with van der Waals surface area (Å²) in [4.78, 5) is 12.9. The zero-order valence-corrected chi connectivity index (χ0v) is 18.8. The molecule has 0 aliphatic carbocycles. The first-order chi connectivity index (χ1) is 14.3. The van der Waals surface area contributed by atoms with Crippen LogP contribution in [-0.2, 0) is 23.5 Å². The van der Waals surface area contributed by atoms with Gasteiger partial charge in [-0.1, -0.05) is 43.7 Å². The minimum atomic E-state index is -3.54. The van der Waals surface area contributed by atoms with Crippen molar-refractivity contribution in [2.24, 2.45) is 7.05 Å². The molecular formula is C23H29N3O3S. The fourth-order valence-electron chi connectivity index (χ4n) is 3.58. The molecule has 1 amide bonds. The van der Waals surface area contributed by atoms with Gasteiger partial charge in [0.15, 0.2) is 0 Å². The first-order valence-electron chi connectivity index (χ1n) is 10.2. The molecule has 0 atom stereocenters. The van der Waals surface area contributed by atoms with Crippen LogP contribution >= 0.6 is 0 Å². The Kier molecular flexibility index (Phi) is 6.63. The van der Waals surface area contributed by atoms with E-state index in [-0.39, 0.29) is 10.8 Å². The van der Waals surface area contributed by atoms with E-state index in [1.54, 1.807) is 28.8 Å². The number of sulfonamides is 1. The number of carbonyl (C=O) groups is 1. The van der Waals surface area contributed by atoms with Gasteiger partial charge in [-0.3, -0.25) is 4.79 Å². The largest absolute Gasteiger partial charge is 0.350 e. The molecule has 1 heterocycles.